The van der Waals surface area contributed by atoms with Crippen molar-refractivity contribution in [2.75, 3.05) is 27.6 Å². The first-order valence-electron chi connectivity index (χ1n) is 4.74. The fourth-order valence-electron chi connectivity index (χ4n) is 1.10. The highest BCUT2D eigenvalue weighted by Gasteiger charge is 1.89. The normalized spacial score (nSPS) is 10.8. The lowest BCUT2D eigenvalue weighted by Gasteiger charge is -1.99. The van der Waals surface area contributed by atoms with Crippen LogP contribution in [0.5, 0.6) is 5.75 Å². The Balaban J connectivity index is 2.36. The molecule has 0 amide bonds. The quantitative estimate of drug-likeness (QED) is 0.530. The molecule has 0 bridgehead atoms. The lowest BCUT2D eigenvalue weighted by molar-refractivity contribution is -0.0184. The van der Waals surface area contributed by atoms with Crippen LogP contribution < -0.4 is 4.74 Å². The van der Waals surface area contributed by atoms with E-state index in [9.17, 15) is 0 Å². The molecule has 0 aliphatic heterocycles. The van der Waals surface area contributed by atoms with Crippen molar-refractivity contribution in [2.45, 2.75) is 0 Å². The molecule has 3 heteroatoms. The maximum atomic E-state index is 5.12. The van der Waals surface area contributed by atoms with Gasteiger partial charge in [0.2, 0.25) is 0 Å². The van der Waals surface area contributed by atoms with E-state index >= 15 is 0 Å². The zero-order valence-corrected chi connectivity index (χ0v) is 9.10. The highest BCUT2D eigenvalue weighted by molar-refractivity contribution is 5.50. The molecular weight excluding hydrogens is 192 g/mol. The van der Waals surface area contributed by atoms with Crippen molar-refractivity contribution in [3.8, 4) is 5.75 Å². The summed E-state index contributed by atoms with van der Waals surface area (Å²) in [5.74, 6) is 0.864. The molecule has 0 atom stereocenters. The molecule has 0 N–H and O–H groups in total. The van der Waals surface area contributed by atoms with E-state index in [0.29, 0.717) is 13.4 Å². The van der Waals surface area contributed by atoms with E-state index in [1.54, 1.807) is 14.2 Å². The summed E-state index contributed by atoms with van der Waals surface area (Å²) >= 11 is 0. The largest absolute Gasteiger partial charge is 0.497 e. The second-order valence-corrected chi connectivity index (χ2v) is 2.95. The van der Waals surface area contributed by atoms with Crippen molar-refractivity contribution in [3.05, 3.63) is 35.9 Å². The Morgan fingerprint density at radius 3 is 2.47 bits per heavy atom. The number of benzene rings is 1. The Morgan fingerprint density at radius 2 is 1.87 bits per heavy atom. The van der Waals surface area contributed by atoms with E-state index in [1.807, 2.05) is 36.4 Å². The maximum Gasteiger partial charge on any atom is 0.146 e. The van der Waals surface area contributed by atoms with Crippen LogP contribution in [0.3, 0.4) is 0 Å². The minimum absolute atomic E-state index is 0.326. The highest BCUT2D eigenvalue weighted by atomic mass is 16.7. The van der Waals surface area contributed by atoms with Crippen LogP contribution in [-0.4, -0.2) is 27.6 Å². The number of hydrogen-bond donors (Lipinski definition) is 0. The Morgan fingerprint density at radius 1 is 1.13 bits per heavy atom. The van der Waals surface area contributed by atoms with Crippen LogP contribution in [0.25, 0.3) is 6.08 Å². The topological polar surface area (TPSA) is 27.7 Å². The Bertz CT molecular complexity index is 290. The van der Waals surface area contributed by atoms with Gasteiger partial charge >= 0.3 is 0 Å². The lowest BCUT2D eigenvalue weighted by atomic mass is 10.2. The van der Waals surface area contributed by atoms with Crippen molar-refractivity contribution < 1.29 is 14.2 Å². The summed E-state index contributed by atoms with van der Waals surface area (Å²) in [6.45, 7) is 0.882. The second-order valence-electron chi connectivity index (χ2n) is 2.95. The van der Waals surface area contributed by atoms with Crippen molar-refractivity contribution in [1.82, 2.24) is 0 Å². The average Bonchev–Trinajstić information content (AvgIpc) is 2.30. The summed E-state index contributed by atoms with van der Waals surface area (Å²) in [5.41, 5.74) is 1.12. The molecule has 1 aromatic carbocycles. The Labute approximate surface area is 90.3 Å². The maximum absolute atomic E-state index is 5.12. The van der Waals surface area contributed by atoms with Crippen LogP contribution in [-0.2, 0) is 9.47 Å². The van der Waals surface area contributed by atoms with Gasteiger partial charge in [0.1, 0.15) is 12.5 Å². The highest BCUT2D eigenvalue weighted by Crippen LogP contribution is 2.11. The molecule has 0 fully saturated rings. The van der Waals surface area contributed by atoms with Gasteiger partial charge in [-0.05, 0) is 17.7 Å². The molecule has 1 aromatic rings. The van der Waals surface area contributed by atoms with Crippen molar-refractivity contribution in [1.29, 1.82) is 0 Å². The van der Waals surface area contributed by atoms with Gasteiger partial charge in [-0.25, -0.2) is 0 Å². The minimum atomic E-state index is 0.326. The molecule has 1 rings (SSSR count). The van der Waals surface area contributed by atoms with Crippen LogP contribution in [0.15, 0.2) is 30.3 Å². The molecule has 0 aromatic heterocycles. The molecule has 3 nitrogen and oxygen atoms in total. The zero-order chi connectivity index (χ0) is 10.9. The third kappa shape index (κ3) is 4.63. The van der Waals surface area contributed by atoms with Gasteiger partial charge in [-0.1, -0.05) is 24.3 Å². The molecule has 0 spiro atoms. The average molecular weight is 208 g/mol. The summed E-state index contributed by atoms with van der Waals surface area (Å²) in [4.78, 5) is 0. The predicted molar refractivity (Wildman–Crippen MR) is 59.9 cm³/mol. The second kappa shape index (κ2) is 7.04. The first-order valence-corrected chi connectivity index (χ1v) is 4.74. The minimum Gasteiger partial charge on any atom is -0.497 e. The van der Waals surface area contributed by atoms with Crippen LogP contribution >= 0.6 is 0 Å². The Hall–Kier alpha value is -1.32. The molecule has 15 heavy (non-hydrogen) atoms. The number of hydrogen-bond acceptors (Lipinski definition) is 3. The SMILES string of the molecule is COCOC/C=C/c1ccc(OC)cc1. The molecule has 0 aliphatic carbocycles. The van der Waals surface area contributed by atoms with Crippen molar-refractivity contribution in [2.24, 2.45) is 0 Å². The van der Waals surface area contributed by atoms with E-state index in [4.69, 9.17) is 14.2 Å². The van der Waals surface area contributed by atoms with E-state index < -0.39 is 0 Å². The van der Waals surface area contributed by atoms with E-state index in [-0.39, 0.29) is 0 Å². The van der Waals surface area contributed by atoms with Crippen LogP contribution in [0.4, 0.5) is 0 Å². The first kappa shape index (κ1) is 11.8. The smallest absolute Gasteiger partial charge is 0.146 e. The molecular formula is C12H16O3. The van der Waals surface area contributed by atoms with Crippen molar-refractivity contribution in [3.63, 3.8) is 0 Å². The number of rotatable bonds is 6. The standard InChI is InChI=1S/C12H16O3/c1-13-10-15-9-3-4-11-5-7-12(14-2)8-6-11/h3-8H,9-10H2,1-2H3/b4-3+. The molecule has 0 heterocycles. The monoisotopic (exact) mass is 208 g/mol. The third-order valence-corrected chi connectivity index (χ3v) is 1.84. The van der Waals surface area contributed by atoms with Crippen LogP contribution in [0.2, 0.25) is 0 Å². The van der Waals surface area contributed by atoms with Gasteiger partial charge in [0.05, 0.1) is 13.7 Å². The van der Waals surface area contributed by atoms with E-state index in [2.05, 4.69) is 0 Å². The van der Waals surface area contributed by atoms with Gasteiger partial charge < -0.3 is 14.2 Å². The molecule has 0 unspecified atom stereocenters. The summed E-state index contributed by atoms with van der Waals surface area (Å²) in [5, 5.41) is 0. The van der Waals surface area contributed by atoms with Gasteiger partial charge in [-0.15, -0.1) is 0 Å². The van der Waals surface area contributed by atoms with E-state index in [0.717, 1.165) is 11.3 Å². The Kier molecular flexibility index (Phi) is 5.51. The zero-order valence-electron chi connectivity index (χ0n) is 9.10. The molecule has 82 valence electrons. The fraction of sp³-hybridized carbons (Fsp3) is 0.333. The number of methoxy groups -OCH3 is 2. The van der Waals surface area contributed by atoms with Gasteiger partial charge in [0.25, 0.3) is 0 Å². The lowest BCUT2D eigenvalue weighted by Crippen LogP contribution is -1.95. The molecule has 0 saturated carbocycles. The molecule has 0 saturated heterocycles. The van der Waals surface area contributed by atoms with Gasteiger partial charge in [0.15, 0.2) is 0 Å². The van der Waals surface area contributed by atoms with E-state index in [1.165, 1.54) is 0 Å². The van der Waals surface area contributed by atoms with Gasteiger partial charge in [0, 0.05) is 7.11 Å². The fourth-order valence-corrected chi connectivity index (χ4v) is 1.10. The summed E-state index contributed by atoms with van der Waals surface area (Å²) in [7, 11) is 3.26. The number of ether oxygens (including phenoxy) is 3. The van der Waals surface area contributed by atoms with Crippen molar-refractivity contribution >= 4 is 6.08 Å². The molecule has 0 radical (unpaired) electrons. The van der Waals surface area contributed by atoms with Gasteiger partial charge in [-0.3, -0.25) is 0 Å². The predicted octanol–water partition coefficient (Wildman–Crippen LogP) is 2.33. The molecule has 0 aliphatic rings. The third-order valence-electron chi connectivity index (χ3n) is 1.84. The van der Waals surface area contributed by atoms with Gasteiger partial charge in [-0.2, -0.15) is 0 Å². The first-order chi connectivity index (χ1) is 7.36. The van der Waals surface area contributed by atoms with Crippen LogP contribution in [0, 0.1) is 0 Å². The summed E-state index contributed by atoms with van der Waals surface area (Å²) in [6, 6.07) is 7.84. The van der Waals surface area contributed by atoms with Crippen LogP contribution in [0.1, 0.15) is 5.56 Å². The summed E-state index contributed by atoms with van der Waals surface area (Å²) in [6.07, 6.45) is 3.94. The summed E-state index contributed by atoms with van der Waals surface area (Å²) < 4.78 is 14.9.